The molecule has 0 radical (unpaired) electrons. The van der Waals surface area contributed by atoms with Crippen LogP contribution < -0.4 is 5.56 Å². The second kappa shape index (κ2) is 5.36. The fraction of sp³-hybridized carbons (Fsp3) is 0.375. The Hall–Kier alpha value is -2.50. The van der Waals surface area contributed by atoms with Gasteiger partial charge in [-0.1, -0.05) is 54.8 Å². The van der Waals surface area contributed by atoms with E-state index in [1.165, 1.54) is 19.3 Å². The molecule has 1 aliphatic rings. The van der Waals surface area contributed by atoms with E-state index in [0.29, 0.717) is 23.0 Å². The minimum absolute atomic E-state index is 0.231. The van der Waals surface area contributed by atoms with Gasteiger partial charge >= 0.3 is 0 Å². The van der Waals surface area contributed by atoms with E-state index in [4.69, 9.17) is 0 Å². The molecule has 1 N–H and O–H groups in total. The normalized spacial score (nSPS) is 16.2. The number of benzene rings is 1. The third-order valence-corrected chi connectivity index (χ3v) is 4.30. The van der Waals surface area contributed by atoms with Crippen LogP contribution in [0.5, 0.6) is 0 Å². The average Bonchev–Trinajstić information content (AvgIpc) is 3.01. The van der Waals surface area contributed by atoms with Crippen molar-refractivity contribution in [3.63, 3.8) is 0 Å². The molecule has 0 amide bonds. The highest BCUT2D eigenvalue weighted by Crippen LogP contribution is 2.29. The Morgan fingerprint density at radius 3 is 2.64 bits per heavy atom. The predicted octanol–water partition coefficient (Wildman–Crippen LogP) is 2.69. The maximum atomic E-state index is 12.3. The number of H-pyrrole nitrogens is 1. The Morgan fingerprint density at radius 2 is 1.86 bits per heavy atom. The summed E-state index contributed by atoms with van der Waals surface area (Å²) in [7, 11) is 0. The molecule has 3 aromatic rings. The van der Waals surface area contributed by atoms with Gasteiger partial charge in [0.05, 0.1) is 6.04 Å². The molecule has 0 spiro atoms. The van der Waals surface area contributed by atoms with Gasteiger partial charge in [0.25, 0.3) is 5.56 Å². The van der Waals surface area contributed by atoms with Gasteiger partial charge in [0, 0.05) is 5.56 Å². The monoisotopic (exact) mass is 295 g/mol. The van der Waals surface area contributed by atoms with Gasteiger partial charge in [0.2, 0.25) is 0 Å². The van der Waals surface area contributed by atoms with E-state index >= 15 is 0 Å². The molecule has 1 fully saturated rings. The third kappa shape index (κ3) is 2.20. The lowest BCUT2D eigenvalue weighted by molar-refractivity contribution is 0.330. The van der Waals surface area contributed by atoms with Gasteiger partial charge in [-0.2, -0.15) is 0 Å². The Morgan fingerprint density at radius 1 is 1.09 bits per heavy atom. The molecule has 22 heavy (non-hydrogen) atoms. The summed E-state index contributed by atoms with van der Waals surface area (Å²) >= 11 is 0. The number of nitrogens with zero attached hydrogens (tertiary/aromatic N) is 4. The van der Waals surface area contributed by atoms with Crippen LogP contribution in [0.1, 0.15) is 38.1 Å². The van der Waals surface area contributed by atoms with Crippen molar-refractivity contribution in [2.45, 2.75) is 38.1 Å². The summed E-state index contributed by atoms with van der Waals surface area (Å²) in [5, 5.41) is 8.23. The van der Waals surface area contributed by atoms with Gasteiger partial charge in [0.1, 0.15) is 5.82 Å². The summed E-state index contributed by atoms with van der Waals surface area (Å²) in [5.74, 6) is 0.567. The molecule has 1 aromatic carbocycles. The van der Waals surface area contributed by atoms with Crippen LogP contribution in [0.25, 0.3) is 22.6 Å². The zero-order valence-corrected chi connectivity index (χ0v) is 12.2. The highest BCUT2D eigenvalue weighted by molar-refractivity contribution is 5.71. The first-order valence-electron chi connectivity index (χ1n) is 7.73. The van der Waals surface area contributed by atoms with Gasteiger partial charge in [-0.25, -0.2) is 9.67 Å². The summed E-state index contributed by atoms with van der Waals surface area (Å²) in [6.07, 6.45) is 5.81. The first-order chi connectivity index (χ1) is 10.8. The van der Waals surface area contributed by atoms with Gasteiger partial charge in [0.15, 0.2) is 11.2 Å². The minimum Gasteiger partial charge on any atom is -0.304 e. The van der Waals surface area contributed by atoms with Crippen LogP contribution in [0.3, 0.4) is 0 Å². The molecule has 6 heteroatoms. The van der Waals surface area contributed by atoms with Crippen molar-refractivity contribution >= 4 is 11.2 Å². The molecule has 0 atom stereocenters. The molecule has 0 unspecified atom stereocenters. The van der Waals surface area contributed by atoms with E-state index < -0.39 is 0 Å². The number of fused-ring (bicyclic) bond motifs is 1. The number of aromatic nitrogens is 5. The van der Waals surface area contributed by atoms with Crippen LogP contribution in [0.4, 0.5) is 0 Å². The molecule has 0 saturated heterocycles. The van der Waals surface area contributed by atoms with Crippen LogP contribution in [-0.4, -0.2) is 25.0 Å². The van der Waals surface area contributed by atoms with Crippen molar-refractivity contribution in [3.8, 4) is 11.4 Å². The maximum absolute atomic E-state index is 12.3. The van der Waals surface area contributed by atoms with Crippen molar-refractivity contribution in [1.29, 1.82) is 0 Å². The zero-order valence-electron chi connectivity index (χ0n) is 12.2. The summed E-state index contributed by atoms with van der Waals surface area (Å²) in [6.45, 7) is 0. The smallest absolute Gasteiger partial charge is 0.281 e. The van der Waals surface area contributed by atoms with E-state index in [1.807, 2.05) is 35.0 Å². The molecule has 2 aromatic heterocycles. The van der Waals surface area contributed by atoms with Crippen molar-refractivity contribution in [2.75, 3.05) is 0 Å². The van der Waals surface area contributed by atoms with Gasteiger partial charge in [-0.15, -0.1) is 5.10 Å². The molecular formula is C16H17N5O. The highest BCUT2D eigenvalue weighted by atomic mass is 16.1. The number of aromatic amines is 1. The van der Waals surface area contributed by atoms with E-state index in [2.05, 4.69) is 20.3 Å². The Bertz CT molecular complexity index is 846. The first-order valence-corrected chi connectivity index (χ1v) is 7.73. The molecule has 2 heterocycles. The number of nitrogens with one attached hydrogen (secondary N) is 1. The minimum atomic E-state index is -0.231. The van der Waals surface area contributed by atoms with Crippen molar-refractivity contribution in [1.82, 2.24) is 25.0 Å². The largest absolute Gasteiger partial charge is 0.304 e. The van der Waals surface area contributed by atoms with Gasteiger partial charge < -0.3 is 4.98 Å². The van der Waals surface area contributed by atoms with Crippen LogP contribution in [0.15, 0.2) is 35.1 Å². The Kier molecular flexibility index (Phi) is 3.21. The van der Waals surface area contributed by atoms with E-state index in [-0.39, 0.29) is 5.56 Å². The lowest BCUT2D eigenvalue weighted by atomic mass is 9.96. The quantitative estimate of drug-likeness (QED) is 0.788. The fourth-order valence-electron chi connectivity index (χ4n) is 3.14. The van der Waals surface area contributed by atoms with E-state index in [1.54, 1.807) is 0 Å². The van der Waals surface area contributed by atoms with Crippen molar-refractivity contribution in [3.05, 3.63) is 40.7 Å². The number of hydrogen-bond acceptors (Lipinski definition) is 4. The zero-order chi connectivity index (χ0) is 14.9. The van der Waals surface area contributed by atoms with Crippen LogP contribution in [-0.2, 0) is 0 Å². The molecule has 1 saturated carbocycles. The molecule has 6 nitrogen and oxygen atoms in total. The molecule has 0 aliphatic heterocycles. The van der Waals surface area contributed by atoms with Crippen molar-refractivity contribution in [2.24, 2.45) is 0 Å². The van der Waals surface area contributed by atoms with Gasteiger partial charge in [-0.3, -0.25) is 4.79 Å². The molecular weight excluding hydrogens is 278 g/mol. The Balaban J connectivity index is 1.86. The van der Waals surface area contributed by atoms with E-state index in [0.717, 1.165) is 18.4 Å². The standard InChI is InChI=1S/C16H17N5O/c22-16-13-15(17-14(18-16)11-7-3-1-4-8-11)21(20-19-13)12-9-5-2-6-10-12/h1,3-4,7-8,12H,2,5-6,9-10H2,(H,17,18,22). The topological polar surface area (TPSA) is 76.5 Å². The molecule has 4 rings (SSSR count). The van der Waals surface area contributed by atoms with Gasteiger partial charge in [-0.05, 0) is 12.8 Å². The maximum Gasteiger partial charge on any atom is 0.281 e. The molecule has 112 valence electrons. The van der Waals surface area contributed by atoms with Crippen LogP contribution in [0.2, 0.25) is 0 Å². The summed E-state index contributed by atoms with van der Waals surface area (Å²) < 4.78 is 1.84. The summed E-state index contributed by atoms with van der Waals surface area (Å²) in [5.41, 5.74) is 1.57. The lowest BCUT2D eigenvalue weighted by Gasteiger charge is -2.21. The molecule has 0 bridgehead atoms. The predicted molar refractivity (Wildman–Crippen MR) is 83.5 cm³/mol. The van der Waals surface area contributed by atoms with Crippen LogP contribution >= 0.6 is 0 Å². The lowest BCUT2D eigenvalue weighted by Crippen LogP contribution is -2.16. The second-order valence-electron chi connectivity index (χ2n) is 5.78. The highest BCUT2D eigenvalue weighted by Gasteiger charge is 2.21. The van der Waals surface area contributed by atoms with Crippen molar-refractivity contribution < 1.29 is 0 Å². The summed E-state index contributed by atoms with van der Waals surface area (Å²) in [6, 6.07) is 9.95. The number of hydrogen-bond donors (Lipinski definition) is 1. The number of rotatable bonds is 2. The molecule has 1 aliphatic carbocycles. The average molecular weight is 295 g/mol. The second-order valence-corrected chi connectivity index (χ2v) is 5.78. The summed E-state index contributed by atoms with van der Waals surface area (Å²) in [4.78, 5) is 19.7. The fourth-order valence-corrected chi connectivity index (χ4v) is 3.14. The Labute approximate surface area is 127 Å². The third-order valence-electron chi connectivity index (χ3n) is 4.30. The first kappa shape index (κ1) is 13.2. The van der Waals surface area contributed by atoms with Crippen LogP contribution in [0, 0.1) is 0 Å². The van der Waals surface area contributed by atoms with E-state index in [9.17, 15) is 4.79 Å². The SMILES string of the molecule is O=c1[nH]c(-c2ccccc2)nc2c1nnn2C1CCCCC1.